The predicted molar refractivity (Wildman–Crippen MR) is 81.0 cm³/mol. The van der Waals surface area contributed by atoms with Crippen LogP contribution >= 0.6 is 0 Å². The highest BCUT2D eigenvalue weighted by molar-refractivity contribution is 4.84. The third-order valence-corrected chi connectivity index (χ3v) is 4.60. The molecule has 0 amide bonds. The summed E-state index contributed by atoms with van der Waals surface area (Å²) in [6, 6.07) is 0. The summed E-state index contributed by atoms with van der Waals surface area (Å²) in [7, 11) is 0. The van der Waals surface area contributed by atoms with Gasteiger partial charge >= 0.3 is 0 Å². The van der Waals surface area contributed by atoms with E-state index in [2.05, 4.69) is 44.8 Å². The van der Waals surface area contributed by atoms with E-state index in [-0.39, 0.29) is 0 Å². The van der Waals surface area contributed by atoms with Gasteiger partial charge in [-0.25, -0.2) is 0 Å². The normalized spacial score (nSPS) is 21.2. The minimum Gasteiger partial charge on any atom is -0.316 e. The van der Waals surface area contributed by atoms with Crippen molar-refractivity contribution in [2.75, 3.05) is 32.7 Å². The Hall–Kier alpha value is -0.0800. The summed E-state index contributed by atoms with van der Waals surface area (Å²) < 4.78 is 0. The minimum absolute atomic E-state index is 0.398. The first-order chi connectivity index (χ1) is 8.41. The first-order valence-corrected chi connectivity index (χ1v) is 7.84. The summed E-state index contributed by atoms with van der Waals surface area (Å²) in [5.41, 5.74) is 1.01. The molecule has 108 valence electrons. The second-order valence-electron chi connectivity index (χ2n) is 7.28. The van der Waals surface area contributed by atoms with E-state index in [1.54, 1.807) is 0 Å². The average molecular weight is 254 g/mol. The van der Waals surface area contributed by atoms with Crippen LogP contribution in [0.4, 0.5) is 0 Å². The third kappa shape index (κ3) is 5.27. The standard InChI is InChI=1S/C16H34N2/c1-6-10-17-13-15(3,4)14-18-11-8-16(5,7-2)9-12-18/h17H,6-14H2,1-5H3. The molecule has 1 aliphatic heterocycles. The zero-order valence-electron chi connectivity index (χ0n) is 13.3. The van der Waals surface area contributed by atoms with Gasteiger partial charge in [-0.15, -0.1) is 0 Å². The van der Waals surface area contributed by atoms with Crippen LogP contribution in [0.15, 0.2) is 0 Å². The minimum atomic E-state index is 0.398. The van der Waals surface area contributed by atoms with E-state index in [4.69, 9.17) is 0 Å². The molecule has 1 heterocycles. The summed E-state index contributed by atoms with van der Waals surface area (Å²) in [6.45, 7) is 17.9. The summed E-state index contributed by atoms with van der Waals surface area (Å²) >= 11 is 0. The number of nitrogens with zero attached hydrogens (tertiary/aromatic N) is 1. The van der Waals surface area contributed by atoms with Gasteiger partial charge in [0, 0.05) is 13.1 Å². The topological polar surface area (TPSA) is 15.3 Å². The second-order valence-corrected chi connectivity index (χ2v) is 7.28. The summed E-state index contributed by atoms with van der Waals surface area (Å²) in [5, 5.41) is 3.57. The Kier molecular flexibility index (Phi) is 6.13. The van der Waals surface area contributed by atoms with Gasteiger partial charge in [-0.05, 0) is 49.7 Å². The van der Waals surface area contributed by atoms with E-state index < -0.39 is 0 Å². The SMILES string of the molecule is CCCNCC(C)(C)CN1CCC(C)(CC)CC1. The molecule has 0 bridgehead atoms. The van der Waals surface area contributed by atoms with Crippen LogP contribution in [0, 0.1) is 10.8 Å². The van der Waals surface area contributed by atoms with E-state index in [0.717, 1.165) is 13.1 Å². The van der Waals surface area contributed by atoms with Crippen molar-refractivity contribution in [3.8, 4) is 0 Å². The lowest BCUT2D eigenvalue weighted by Crippen LogP contribution is -2.45. The Morgan fingerprint density at radius 2 is 1.78 bits per heavy atom. The maximum atomic E-state index is 3.57. The quantitative estimate of drug-likeness (QED) is 0.699. The van der Waals surface area contributed by atoms with E-state index >= 15 is 0 Å². The van der Waals surface area contributed by atoms with Crippen LogP contribution in [-0.4, -0.2) is 37.6 Å². The molecule has 0 aliphatic carbocycles. The van der Waals surface area contributed by atoms with Gasteiger partial charge in [0.25, 0.3) is 0 Å². The molecule has 0 spiro atoms. The molecule has 0 radical (unpaired) electrons. The van der Waals surface area contributed by atoms with Gasteiger partial charge < -0.3 is 10.2 Å². The molecule has 0 saturated carbocycles. The maximum Gasteiger partial charge on any atom is 0.00448 e. The van der Waals surface area contributed by atoms with Crippen molar-refractivity contribution in [1.29, 1.82) is 0 Å². The van der Waals surface area contributed by atoms with Crippen LogP contribution < -0.4 is 5.32 Å². The fourth-order valence-corrected chi connectivity index (χ4v) is 2.87. The Bertz CT molecular complexity index is 227. The summed E-state index contributed by atoms with van der Waals surface area (Å²) in [4.78, 5) is 2.67. The molecule has 1 aliphatic rings. The molecular weight excluding hydrogens is 220 g/mol. The van der Waals surface area contributed by atoms with E-state index in [1.165, 1.54) is 45.3 Å². The molecule has 0 aromatic rings. The molecule has 2 nitrogen and oxygen atoms in total. The van der Waals surface area contributed by atoms with Crippen LogP contribution in [0.25, 0.3) is 0 Å². The van der Waals surface area contributed by atoms with Gasteiger partial charge in [0.15, 0.2) is 0 Å². The van der Waals surface area contributed by atoms with Gasteiger partial charge in [-0.2, -0.15) is 0 Å². The Morgan fingerprint density at radius 3 is 2.28 bits per heavy atom. The average Bonchev–Trinajstić information content (AvgIpc) is 2.32. The lowest BCUT2D eigenvalue weighted by molar-refractivity contribution is 0.0825. The number of piperidine rings is 1. The third-order valence-electron chi connectivity index (χ3n) is 4.60. The summed E-state index contributed by atoms with van der Waals surface area (Å²) in [6.07, 6.45) is 5.32. The van der Waals surface area contributed by atoms with E-state index in [0.29, 0.717) is 10.8 Å². The molecular formula is C16H34N2. The van der Waals surface area contributed by atoms with Crippen molar-refractivity contribution in [1.82, 2.24) is 10.2 Å². The fourth-order valence-electron chi connectivity index (χ4n) is 2.87. The molecule has 0 atom stereocenters. The predicted octanol–water partition coefficient (Wildman–Crippen LogP) is 3.52. The van der Waals surface area contributed by atoms with E-state index in [1.807, 2.05) is 0 Å². The van der Waals surface area contributed by atoms with Gasteiger partial charge in [0.1, 0.15) is 0 Å². The van der Waals surface area contributed by atoms with Crippen molar-refractivity contribution in [3.63, 3.8) is 0 Å². The van der Waals surface area contributed by atoms with Crippen molar-refractivity contribution < 1.29 is 0 Å². The molecule has 1 saturated heterocycles. The smallest absolute Gasteiger partial charge is 0.00448 e. The highest BCUT2D eigenvalue weighted by atomic mass is 15.1. The number of rotatable bonds is 7. The molecule has 0 aromatic heterocycles. The van der Waals surface area contributed by atoms with Gasteiger partial charge in [0.05, 0.1) is 0 Å². The van der Waals surface area contributed by atoms with Gasteiger partial charge in [0.2, 0.25) is 0 Å². The Balaban J connectivity index is 2.31. The number of hydrogen-bond donors (Lipinski definition) is 1. The number of hydrogen-bond acceptors (Lipinski definition) is 2. The molecule has 2 heteroatoms. The largest absolute Gasteiger partial charge is 0.316 e. The van der Waals surface area contributed by atoms with Crippen LogP contribution in [-0.2, 0) is 0 Å². The van der Waals surface area contributed by atoms with Gasteiger partial charge in [-0.1, -0.05) is 41.0 Å². The van der Waals surface area contributed by atoms with Crippen LogP contribution in [0.3, 0.4) is 0 Å². The molecule has 1 fully saturated rings. The first-order valence-electron chi connectivity index (χ1n) is 7.84. The van der Waals surface area contributed by atoms with Crippen molar-refractivity contribution >= 4 is 0 Å². The van der Waals surface area contributed by atoms with Crippen molar-refractivity contribution in [2.24, 2.45) is 10.8 Å². The monoisotopic (exact) mass is 254 g/mol. The van der Waals surface area contributed by atoms with Crippen molar-refractivity contribution in [2.45, 2.75) is 60.3 Å². The Labute approximate surface area is 115 Å². The van der Waals surface area contributed by atoms with Crippen LogP contribution in [0.5, 0.6) is 0 Å². The van der Waals surface area contributed by atoms with Crippen molar-refractivity contribution in [3.05, 3.63) is 0 Å². The maximum absolute atomic E-state index is 3.57. The summed E-state index contributed by atoms with van der Waals surface area (Å²) in [5.74, 6) is 0. The van der Waals surface area contributed by atoms with Gasteiger partial charge in [-0.3, -0.25) is 0 Å². The lowest BCUT2D eigenvalue weighted by Gasteiger charge is -2.42. The van der Waals surface area contributed by atoms with Crippen LogP contribution in [0.1, 0.15) is 60.3 Å². The Morgan fingerprint density at radius 1 is 1.17 bits per heavy atom. The highest BCUT2D eigenvalue weighted by Crippen LogP contribution is 2.34. The first kappa shape index (κ1) is 16.0. The number of nitrogens with one attached hydrogen (secondary N) is 1. The highest BCUT2D eigenvalue weighted by Gasteiger charge is 2.30. The second kappa shape index (κ2) is 6.91. The fraction of sp³-hybridized carbons (Fsp3) is 1.00. The zero-order valence-corrected chi connectivity index (χ0v) is 13.3. The molecule has 0 unspecified atom stereocenters. The molecule has 18 heavy (non-hydrogen) atoms. The molecule has 1 rings (SSSR count). The van der Waals surface area contributed by atoms with Crippen LogP contribution in [0.2, 0.25) is 0 Å². The lowest BCUT2D eigenvalue weighted by atomic mass is 9.77. The number of likely N-dealkylation sites (tertiary alicyclic amines) is 1. The molecule has 1 N–H and O–H groups in total. The molecule has 0 aromatic carbocycles. The zero-order chi connectivity index (χ0) is 13.6. The van der Waals surface area contributed by atoms with E-state index in [9.17, 15) is 0 Å².